The number of nitrogens with one attached hydrogen (secondary N) is 2. The van der Waals surface area contributed by atoms with Gasteiger partial charge in [-0.1, -0.05) is 29.8 Å². The summed E-state index contributed by atoms with van der Waals surface area (Å²) in [5, 5.41) is 6.95. The fraction of sp³-hybridized carbons (Fsp3) is 0.619. The summed E-state index contributed by atoms with van der Waals surface area (Å²) in [7, 11) is 5.97. The molecule has 28 heavy (non-hydrogen) atoms. The van der Waals surface area contributed by atoms with E-state index in [1.165, 1.54) is 11.1 Å². The molecule has 1 fully saturated rings. The van der Waals surface area contributed by atoms with Crippen LogP contribution in [0.1, 0.15) is 36.9 Å². The smallest absolute Gasteiger partial charge is 0.409 e. The fourth-order valence-electron chi connectivity index (χ4n) is 3.39. The van der Waals surface area contributed by atoms with Gasteiger partial charge in [-0.15, -0.1) is 0 Å². The summed E-state index contributed by atoms with van der Waals surface area (Å²) in [4.78, 5) is 20.2. The summed E-state index contributed by atoms with van der Waals surface area (Å²) in [6, 6.07) is 9.22. The van der Waals surface area contributed by atoms with Gasteiger partial charge in [0.05, 0.1) is 12.6 Å². The Hall–Kier alpha value is -2.28. The van der Waals surface area contributed by atoms with E-state index in [-0.39, 0.29) is 12.1 Å². The molecular weight excluding hydrogens is 354 g/mol. The number of aryl methyl sites for hydroxylation is 1. The fourth-order valence-corrected chi connectivity index (χ4v) is 3.39. The molecule has 1 aliphatic heterocycles. The molecule has 1 heterocycles. The van der Waals surface area contributed by atoms with Crippen LogP contribution in [0.5, 0.6) is 0 Å². The number of hydrogen-bond acceptors (Lipinski definition) is 4. The Kier molecular flexibility index (Phi) is 8.57. The number of benzene rings is 1. The van der Waals surface area contributed by atoms with Crippen LogP contribution in [-0.2, 0) is 4.74 Å². The first-order valence-corrected chi connectivity index (χ1v) is 10.1. The van der Waals surface area contributed by atoms with E-state index in [0.29, 0.717) is 25.7 Å². The number of aliphatic imine (C=N–C) groups is 1. The van der Waals surface area contributed by atoms with Crippen LogP contribution in [0.2, 0.25) is 0 Å². The largest absolute Gasteiger partial charge is 0.450 e. The number of hydrogen-bond donors (Lipinski definition) is 2. The Bertz CT molecular complexity index is 637. The molecular formula is C21H35N5O2. The molecule has 1 aromatic carbocycles. The standard InChI is InChI=1S/C21H35N5O2/c1-6-28-21(27)26-13-11-18(12-14-26)24-20(22-3)23-15-19(25(4)5)17-9-7-16(2)8-10-17/h7-10,18-19H,6,11-15H2,1-5H3,(H2,22,23,24). The van der Waals surface area contributed by atoms with Gasteiger partial charge in [0, 0.05) is 32.7 Å². The average Bonchev–Trinajstić information content (AvgIpc) is 2.69. The number of rotatable bonds is 6. The number of ether oxygens (including phenoxy) is 1. The van der Waals surface area contributed by atoms with E-state index in [1.54, 1.807) is 11.9 Å². The second-order valence-corrected chi connectivity index (χ2v) is 7.45. The minimum atomic E-state index is -0.213. The quantitative estimate of drug-likeness (QED) is 0.578. The third-order valence-electron chi connectivity index (χ3n) is 5.13. The molecule has 7 nitrogen and oxygen atoms in total. The molecule has 0 radical (unpaired) electrons. The number of amides is 1. The van der Waals surface area contributed by atoms with Crippen LogP contribution in [0.4, 0.5) is 4.79 Å². The number of carbonyl (C=O) groups is 1. The van der Waals surface area contributed by atoms with Crippen molar-refractivity contribution < 1.29 is 9.53 Å². The van der Waals surface area contributed by atoms with E-state index in [1.807, 2.05) is 6.92 Å². The molecule has 0 saturated carbocycles. The van der Waals surface area contributed by atoms with Crippen molar-refractivity contribution in [3.63, 3.8) is 0 Å². The normalized spacial score (nSPS) is 16.8. The lowest BCUT2D eigenvalue weighted by Gasteiger charge is -2.33. The van der Waals surface area contributed by atoms with Crippen molar-refractivity contribution in [3.05, 3.63) is 35.4 Å². The molecule has 2 rings (SSSR count). The number of carbonyl (C=O) groups excluding carboxylic acids is 1. The molecule has 1 saturated heterocycles. The molecule has 7 heteroatoms. The summed E-state index contributed by atoms with van der Waals surface area (Å²) in [6.45, 7) is 6.53. The minimum Gasteiger partial charge on any atom is -0.450 e. The molecule has 1 unspecified atom stereocenters. The molecule has 1 aliphatic rings. The molecule has 0 bridgehead atoms. The van der Waals surface area contributed by atoms with Gasteiger partial charge in [0.25, 0.3) is 0 Å². The minimum absolute atomic E-state index is 0.213. The first kappa shape index (κ1) is 22.0. The zero-order chi connectivity index (χ0) is 20.5. The van der Waals surface area contributed by atoms with E-state index in [0.717, 1.165) is 25.3 Å². The van der Waals surface area contributed by atoms with Crippen molar-refractivity contribution in [2.75, 3.05) is 47.4 Å². The van der Waals surface area contributed by atoms with E-state index < -0.39 is 0 Å². The van der Waals surface area contributed by atoms with Gasteiger partial charge in [0.2, 0.25) is 0 Å². The zero-order valence-corrected chi connectivity index (χ0v) is 17.9. The maximum atomic E-state index is 11.8. The Morgan fingerprint density at radius 2 is 1.93 bits per heavy atom. The number of likely N-dealkylation sites (tertiary alicyclic amines) is 1. The molecule has 156 valence electrons. The molecule has 2 N–H and O–H groups in total. The van der Waals surface area contributed by atoms with Gasteiger partial charge >= 0.3 is 6.09 Å². The summed E-state index contributed by atoms with van der Waals surface area (Å²) in [5.74, 6) is 0.800. The summed E-state index contributed by atoms with van der Waals surface area (Å²) >= 11 is 0. The molecule has 0 aromatic heterocycles. The van der Waals surface area contributed by atoms with Crippen LogP contribution in [0.15, 0.2) is 29.3 Å². The predicted octanol–water partition coefficient (Wildman–Crippen LogP) is 2.38. The second kappa shape index (κ2) is 10.9. The molecule has 0 aliphatic carbocycles. The summed E-state index contributed by atoms with van der Waals surface area (Å²) < 4.78 is 5.08. The highest BCUT2D eigenvalue weighted by atomic mass is 16.6. The van der Waals surface area contributed by atoms with Crippen LogP contribution in [0.3, 0.4) is 0 Å². The zero-order valence-electron chi connectivity index (χ0n) is 17.9. The lowest BCUT2D eigenvalue weighted by Crippen LogP contribution is -2.50. The summed E-state index contributed by atoms with van der Waals surface area (Å²) in [5.41, 5.74) is 2.54. The maximum Gasteiger partial charge on any atom is 0.409 e. The SMILES string of the molecule is CCOC(=O)N1CCC(NC(=NC)NCC(c2ccc(C)cc2)N(C)C)CC1. The van der Waals surface area contributed by atoms with Crippen molar-refractivity contribution in [2.45, 2.75) is 38.8 Å². The van der Waals surface area contributed by atoms with E-state index in [4.69, 9.17) is 4.74 Å². The topological polar surface area (TPSA) is 69.2 Å². The monoisotopic (exact) mass is 389 g/mol. The Labute approximate surface area is 169 Å². The van der Waals surface area contributed by atoms with E-state index >= 15 is 0 Å². The third-order valence-corrected chi connectivity index (χ3v) is 5.13. The highest BCUT2D eigenvalue weighted by Gasteiger charge is 2.24. The maximum absolute atomic E-state index is 11.8. The predicted molar refractivity (Wildman–Crippen MR) is 114 cm³/mol. The highest BCUT2D eigenvalue weighted by Crippen LogP contribution is 2.18. The molecule has 1 amide bonds. The van der Waals surface area contributed by atoms with Gasteiger partial charge in [-0.05, 0) is 46.3 Å². The van der Waals surface area contributed by atoms with Crippen LogP contribution in [0.25, 0.3) is 0 Å². The lowest BCUT2D eigenvalue weighted by molar-refractivity contribution is 0.0963. The van der Waals surface area contributed by atoms with Crippen molar-refractivity contribution in [2.24, 2.45) is 4.99 Å². The van der Waals surface area contributed by atoms with Crippen LogP contribution < -0.4 is 10.6 Å². The van der Waals surface area contributed by atoms with Crippen LogP contribution in [0, 0.1) is 6.92 Å². The number of nitrogens with zero attached hydrogens (tertiary/aromatic N) is 3. The molecule has 0 spiro atoms. The van der Waals surface area contributed by atoms with Crippen molar-refractivity contribution in [1.82, 2.24) is 20.4 Å². The second-order valence-electron chi connectivity index (χ2n) is 7.45. The number of likely N-dealkylation sites (N-methyl/N-ethyl adjacent to an activating group) is 1. The van der Waals surface area contributed by atoms with E-state index in [2.05, 4.69) is 65.8 Å². The van der Waals surface area contributed by atoms with Gasteiger partial charge in [0.1, 0.15) is 0 Å². The van der Waals surface area contributed by atoms with Crippen LogP contribution in [-0.4, -0.2) is 75.3 Å². The Morgan fingerprint density at radius 3 is 2.46 bits per heavy atom. The van der Waals surface area contributed by atoms with Crippen molar-refractivity contribution in [1.29, 1.82) is 0 Å². The lowest BCUT2D eigenvalue weighted by atomic mass is 10.0. The first-order chi connectivity index (χ1) is 13.4. The Morgan fingerprint density at radius 1 is 1.29 bits per heavy atom. The number of guanidine groups is 1. The number of piperidine rings is 1. The molecule has 1 aromatic rings. The average molecular weight is 390 g/mol. The van der Waals surface area contributed by atoms with Crippen LogP contribution >= 0.6 is 0 Å². The first-order valence-electron chi connectivity index (χ1n) is 10.1. The van der Waals surface area contributed by atoms with Gasteiger partial charge in [-0.2, -0.15) is 0 Å². The van der Waals surface area contributed by atoms with Crippen molar-refractivity contribution >= 4 is 12.1 Å². The Balaban J connectivity index is 1.85. The van der Waals surface area contributed by atoms with E-state index in [9.17, 15) is 4.79 Å². The van der Waals surface area contributed by atoms with Gasteiger partial charge < -0.3 is 25.2 Å². The van der Waals surface area contributed by atoms with Crippen molar-refractivity contribution in [3.8, 4) is 0 Å². The van der Waals surface area contributed by atoms with Gasteiger partial charge in [-0.25, -0.2) is 4.79 Å². The van der Waals surface area contributed by atoms with Gasteiger partial charge in [-0.3, -0.25) is 4.99 Å². The highest BCUT2D eigenvalue weighted by molar-refractivity contribution is 5.80. The third kappa shape index (κ3) is 6.41. The summed E-state index contributed by atoms with van der Waals surface area (Å²) in [6.07, 6.45) is 1.55. The molecule has 1 atom stereocenters. The van der Waals surface area contributed by atoms with Gasteiger partial charge in [0.15, 0.2) is 5.96 Å².